The van der Waals surface area contributed by atoms with Gasteiger partial charge in [-0.15, -0.1) is 0 Å². The molecule has 1 atom stereocenters. The summed E-state index contributed by atoms with van der Waals surface area (Å²) in [6.07, 6.45) is 0.667. The van der Waals surface area contributed by atoms with E-state index in [9.17, 15) is 9.59 Å². The fourth-order valence-electron chi connectivity index (χ4n) is 2.37. The molecule has 0 radical (unpaired) electrons. The van der Waals surface area contributed by atoms with Crippen molar-refractivity contribution in [3.8, 4) is 0 Å². The monoisotopic (exact) mass is 388 g/mol. The second-order valence-corrected chi connectivity index (χ2v) is 7.04. The first kappa shape index (κ1) is 19.0. The average molecular weight is 388 g/mol. The number of anilines is 1. The number of oxazole rings is 1. The third-order valence-corrected chi connectivity index (χ3v) is 4.48. The predicted octanol–water partition coefficient (Wildman–Crippen LogP) is 3.27. The van der Waals surface area contributed by atoms with Gasteiger partial charge >= 0.3 is 5.97 Å². The van der Waals surface area contributed by atoms with Gasteiger partial charge in [0.15, 0.2) is 11.7 Å². The Labute approximate surface area is 160 Å². The summed E-state index contributed by atoms with van der Waals surface area (Å²) in [5.74, 6) is -0.396. The summed E-state index contributed by atoms with van der Waals surface area (Å²) in [4.78, 5) is 28.5. The molecule has 0 spiro atoms. The molecular formula is C18H20N4O4S. The van der Waals surface area contributed by atoms with Crippen LogP contribution < -0.4 is 5.32 Å². The van der Waals surface area contributed by atoms with Gasteiger partial charge in [-0.3, -0.25) is 9.59 Å². The molecule has 27 heavy (non-hydrogen) atoms. The fraction of sp³-hybridized carbons (Fsp3) is 0.333. The maximum Gasteiger partial charge on any atom is 0.317 e. The number of carbonyl (C=O) groups excluding carboxylic acids is 2. The lowest BCUT2D eigenvalue weighted by molar-refractivity contribution is -0.150. The SMILES string of the molecule is CC(C)n1nccc1NC(=O)[C@@H](C)OC(=O)CSc1nc2ccccc2o1. The lowest BCUT2D eigenvalue weighted by Crippen LogP contribution is -2.31. The number of nitrogens with one attached hydrogen (secondary N) is 1. The van der Waals surface area contributed by atoms with E-state index in [2.05, 4.69) is 15.4 Å². The van der Waals surface area contributed by atoms with Crippen LogP contribution in [0.4, 0.5) is 5.82 Å². The Balaban J connectivity index is 1.50. The van der Waals surface area contributed by atoms with Crippen LogP contribution in [0.2, 0.25) is 0 Å². The summed E-state index contributed by atoms with van der Waals surface area (Å²) in [7, 11) is 0. The highest BCUT2D eigenvalue weighted by Gasteiger charge is 2.20. The molecule has 0 saturated heterocycles. The summed E-state index contributed by atoms with van der Waals surface area (Å²) in [6.45, 7) is 5.43. The number of thioether (sulfide) groups is 1. The van der Waals surface area contributed by atoms with E-state index in [0.717, 1.165) is 17.3 Å². The summed E-state index contributed by atoms with van der Waals surface area (Å²) in [5.41, 5.74) is 1.38. The zero-order valence-electron chi connectivity index (χ0n) is 15.2. The lowest BCUT2D eigenvalue weighted by Gasteiger charge is -2.15. The largest absolute Gasteiger partial charge is 0.452 e. The van der Waals surface area contributed by atoms with Crippen molar-refractivity contribution in [3.63, 3.8) is 0 Å². The molecule has 0 saturated carbocycles. The predicted molar refractivity (Wildman–Crippen MR) is 102 cm³/mol. The van der Waals surface area contributed by atoms with Gasteiger partial charge in [0.25, 0.3) is 11.1 Å². The van der Waals surface area contributed by atoms with Crippen LogP contribution in [-0.2, 0) is 14.3 Å². The van der Waals surface area contributed by atoms with E-state index in [1.165, 1.54) is 6.92 Å². The van der Waals surface area contributed by atoms with Crippen molar-refractivity contribution in [2.45, 2.75) is 38.1 Å². The van der Waals surface area contributed by atoms with Gasteiger partial charge in [-0.2, -0.15) is 5.10 Å². The number of esters is 1. The molecule has 0 aliphatic heterocycles. The van der Waals surface area contributed by atoms with Gasteiger partial charge in [0, 0.05) is 12.1 Å². The Morgan fingerprint density at radius 3 is 2.78 bits per heavy atom. The van der Waals surface area contributed by atoms with Crippen LogP contribution in [0.1, 0.15) is 26.8 Å². The van der Waals surface area contributed by atoms with Gasteiger partial charge in [0.2, 0.25) is 0 Å². The van der Waals surface area contributed by atoms with Gasteiger partial charge in [-0.05, 0) is 32.9 Å². The Bertz CT molecular complexity index is 917. The molecule has 2 aromatic heterocycles. The molecule has 0 aliphatic carbocycles. The number of hydrogen-bond donors (Lipinski definition) is 1. The number of para-hydroxylation sites is 2. The third kappa shape index (κ3) is 4.68. The van der Waals surface area contributed by atoms with Crippen molar-refractivity contribution < 1.29 is 18.7 Å². The van der Waals surface area contributed by atoms with Crippen molar-refractivity contribution in [1.29, 1.82) is 0 Å². The van der Waals surface area contributed by atoms with Gasteiger partial charge < -0.3 is 14.5 Å². The van der Waals surface area contributed by atoms with Crippen LogP contribution in [0, 0.1) is 0 Å². The molecule has 2 heterocycles. The van der Waals surface area contributed by atoms with E-state index < -0.39 is 18.0 Å². The smallest absolute Gasteiger partial charge is 0.317 e. The molecule has 3 rings (SSSR count). The number of carbonyl (C=O) groups is 2. The van der Waals surface area contributed by atoms with E-state index in [-0.39, 0.29) is 11.8 Å². The average Bonchev–Trinajstić information content (AvgIpc) is 3.26. The van der Waals surface area contributed by atoms with Gasteiger partial charge in [0.05, 0.1) is 6.20 Å². The maximum atomic E-state index is 12.2. The minimum Gasteiger partial charge on any atom is -0.452 e. The lowest BCUT2D eigenvalue weighted by atomic mass is 10.3. The van der Waals surface area contributed by atoms with Crippen LogP contribution in [0.15, 0.2) is 46.2 Å². The topological polar surface area (TPSA) is 99.2 Å². The van der Waals surface area contributed by atoms with Crippen molar-refractivity contribution in [1.82, 2.24) is 14.8 Å². The summed E-state index contributed by atoms with van der Waals surface area (Å²) >= 11 is 1.12. The molecule has 0 fully saturated rings. The Kier molecular flexibility index (Phi) is 5.80. The Morgan fingerprint density at radius 1 is 1.26 bits per heavy atom. The van der Waals surface area contributed by atoms with Crippen LogP contribution >= 0.6 is 11.8 Å². The minimum atomic E-state index is -0.933. The zero-order valence-corrected chi connectivity index (χ0v) is 16.0. The first-order valence-electron chi connectivity index (χ1n) is 8.46. The van der Waals surface area contributed by atoms with Crippen LogP contribution in [0.25, 0.3) is 11.1 Å². The molecule has 1 N–H and O–H groups in total. The fourth-order valence-corrected chi connectivity index (χ4v) is 2.99. The Hall–Kier alpha value is -2.81. The maximum absolute atomic E-state index is 12.2. The molecular weight excluding hydrogens is 368 g/mol. The van der Waals surface area contributed by atoms with Gasteiger partial charge in [0.1, 0.15) is 17.1 Å². The van der Waals surface area contributed by atoms with E-state index in [1.807, 2.05) is 32.0 Å². The number of nitrogens with zero attached hydrogens (tertiary/aromatic N) is 3. The molecule has 1 aromatic carbocycles. The summed E-state index contributed by atoms with van der Waals surface area (Å²) < 4.78 is 12.4. The third-order valence-electron chi connectivity index (χ3n) is 3.68. The van der Waals surface area contributed by atoms with E-state index in [0.29, 0.717) is 16.6 Å². The molecule has 0 aliphatic rings. The van der Waals surface area contributed by atoms with Crippen molar-refractivity contribution >= 4 is 40.6 Å². The number of fused-ring (bicyclic) bond motifs is 1. The molecule has 3 aromatic rings. The summed E-state index contributed by atoms with van der Waals surface area (Å²) in [5, 5.41) is 7.24. The number of ether oxygens (including phenoxy) is 1. The van der Waals surface area contributed by atoms with Crippen LogP contribution in [0.3, 0.4) is 0 Å². The van der Waals surface area contributed by atoms with Gasteiger partial charge in [-0.1, -0.05) is 23.9 Å². The quantitative estimate of drug-likeness (QED) is 0.490. The first-order valence-corrected chi connectivity index (χ1v) is 9.45. The second kappa shape index (κ2) is 8.26. The number of amides is 1. The number of rotatable bonds is 7. The van der Waals surface area contributed by atoms with Gasteiger partial charge in [-0.25, -0.2) is 9.67 Å². The highest BCUT2D eigenvalue weighted by molar-refractivity contribution is 7.99. The molecule has 0 bridgehead atoms. The van der Waals surface area contributed by atoms with Crippen LogP contribution in [0.5, 0.6) is 0 Å². The first-order chi connectivity index (χ1) is 12.9. The van der Waals surface area contributed by atoms with Crippen LogP contribution in [-0.4, -0.2) is 38.5 Å². The zero-order chi connectivity index (χ0) is 19.4. The second-order valence-electron chi connectivity index (χ2n) is 6.11. The summed E-state index contributed by atoms with van der Waals surface area (Å²) in [6, 6.07) is 9.13. The molecule has 8 nitrogen and oxygen atoms in total. The van der Waals surface area contributed by atoms with E-state index in [1.54, 1.807) is 23.0 Å². The molecule has 9 heteroatoms. The standard InChI is InChI=1S/C18H20N4O4S/c1-11(2)22-15(8-9-19-22)21-17(24)12(3)25-16(23)10-27-18-20-13-6-4-5-7-14(13)26-18/h4-9,11-12H,10H2,1-3H3,(H,21,24)/t12-/m1/s1. The Morgan fingerprint density at radius 2 is 2.04 bits per heavy atom. The number of benzene rings is 1. The number of hydrogen-bond acceptors (Lipinski definition) is 7. The minimum absolute atomic E-state index is 0.00559. The van der Waals surface area contributed by atoms with E-state index in [4.69, 9.17) is 9.15 Å². The number of aromatic nitrogens is 3. The highest BCUT2D eigenvalue weighted by atomic mass is 32.2. The highest BCUT2D eigenvalue weighted by Crippen LogP contribution is 2.23. The van der Waals surface area contributed by atoms with Crippen molar-refractivity contribution in [2.24, 2.45) is 0 Å². The van der Waals surface area contributed by atoms with Crippen molar-refractivity contribution in [2.75, 3.05) is 11.1 Å². The molecule has 142 valence electrons. The van der Waals surface area contributed by atoms with E-state index >= 15 is 0 Å². The van der Waals surface area contributed by atoms with Crippen molar-refractivity contribution in [3.05, 3.63) is 36.5 Å². The molecule has 1 amide bonds. The molecule has 0 unspecified atom stereocenters. The normalized spacial score (nSPS) is 12.3.